The Bertz CT molecular complexity index is 769. The molecular formula is C12H13F3N6O4. The van der Waals surface area contributed by atoms with Crippen LogP contribution in [0.4, 0.5) is 24.7 Å². The van der Waals surface area contributed by atoms with Gasteiger partial charge in [-0.05, 0) is 11.8 Å². The maximum absolute atomic E-state index is 12.0. The van der Waals surface area contributed by atoms with Crippen molar-refractivity contribution in [3.63, 3.8) is 0 Å². The lowest BCUT2D eigenvalue weighted by Gasteiger charge is -2.07. The Morgan fingerprint density at radius 2 is 2.20 bits per heavy atom. The molecule has 2 aromatic rings. The molecule has 136 valence electrons. The van der Waals surface area contributed by atoms with Gasteiger partial charge in [0, 0.05) is 0 Å². The largest absolute Gasteiger partial charge is 0.411 e. The van der Waals surface area contributed by atoms with Crippen LogP contribution >= 0.6 is 0 Å². The first-order chi connectivity index (χ1) is 11.6. The van der Waals surface area contributed by atoms with Crippen molar-refractivity contribution in [1.29, 1.82) is 0 Å². The molecule has 2 rings (SSSR count). The number of amides is 1. The number of nitro groups is 1. The van der Waals surface area contributed by atoms with Crippen molar-refractivity contribution < 1.29 is 27.6 Å². The van der Waals surface area contributed by atoms with Crippen LogP contribution in [0.15, 0.2) is 18.5 Å². The SMILES string of the molecule is Cc1cc([N+](=O)[O-])n(CC(=O)Nc2cnn(COCC(F)(F)F)c2)n1. The summed E-state index contributed by atoms with van der Waals surface area (Å²) < 4.78 is 42.3. The fourth-order valence-corrected chi connectivity index (χ4v) is 1.89. The smallest absolute Gasteiger partial charge is 0.358 e. The van der Waals surface area contributed by atoms with Crippen molar-refractivity contribution in [1.82, 2.24) is 19.6 Å². The van der Waals surface area contributed by atoms with Crippen LogP contribution < -0.4 is 5.32 Å². The molecule has 0 aromatic carbocycles. The standard InChI is InChI=1S/C12H13F3N6O4/c1-8-2-11(21(23)24)20(18-8)5-10(22)17-9-3-16-19(4-9)7-25-6-12(13,14)15/h2-4H,5-7H2,1H3,(H,17,22). The monoisotopic (exact) mass is 362 g/mol. The number of carbonyl (C=O) groups excluding carboxylic acids is 1. The van der Waals surface area contributed by atoms with E-state index >= 15 is 0 Å². The number of anilines is 1. The Hall–Kier alpha value is -2.96. The molecular weight excluding hydrogens is 349 g/mol. The van der Waals surface area contributed by atoms with E-state index in [0.717, 1.165) is 9.36 Å². The number of carbonyl (C=O) groups is 1. The minimum absolute atomic E-state index is 0.201. The summed E-state index contributed by atoms with van der Waals surface area (Å²) in [6, 6.07) is 1.23. The molecule has 0 unspecified atom stereocenters. The summed E-state index contributed by atoms with van der Waals surface area (Å²) in [5.74, 6) is -0.939. The maximum atomic E-state index is 12.0. The van der Waals surface area contributed by atoms with E-state index in [2.05, 4.69) is 20.3 Å². The predicted molar refractivity (Wildman–Crippen MR) is 76.5 cm³/mol. The Morgan fingerprint density at radius 3 is 2.84 bits per heavy atom. The minimum Gasteiger partial charge on any atom is -0.358 e. The van der Waals surface area contributed by atoms with Crippen molar-refractivity contribution in [3.05, 3.63) is 34.3 Å². The van der Waals surface area contributed by atoms with Gasteiger partial charge in [0.2, 0.25) is 0 Å². The molecule has 0 bridgehead atoms. The first-order valence-corrected chi connectivity index (χ1v) is 6.80. The second-order valence-corrected chi connectivity index (χ2v) is 4.97. The fraction of sp³-hybridized carbons (Fsp3) is 0.417. The van der Waals surface area contributed by atoms with E-state index in [1.165, 1.54) is 18.5 Å². The van der Waals surface area contributed by atoms with Gasteiger partial charge in [-0.2, -0.15) is 18.3 Å². The van der Waals surface area contributed by atoms with Gasteiger partial charge < -0.3 is 20.2 Å². The number of ether oxygens (including phenoxy) is 1. The zero-order valence-electron chi connectivity index (χ0n) is 12.9. The minimum atomic E-state index is -4.44. The maximum Gasteiger partial charge on any atom is 0.411 e. The third-order valence-electron chi connectivity index (χ3n) is 2.77. The molecule has 13 heteroatoms. The molecule has 2 heterocycles. The molecule has 0 radical (unpaired) electrons. The summed E-state index contributed by atoms with van der Waals surface area (Å²) in [4.78, 5) is 22.1. The highest BCUT2D eigenvalue weighted by atomic mass is 19.4. The number of nitrogens with one attached hydrogen (secondary N) is 1. The molecule has 0 spiro atoms. The average Bonchev–Trinajstić information content (AvgIpc) is 3.04. The quantitative estimate of drug-likeness (QED) is 0.589. The highest BCUT2D eigenvalue weighted by Crippen LogP contribution is 2.15. The highest BCUT2D eigenvalue weighted by Gasteiger charge is 2.27. The lowest BCUT2D eigenvalue weighted by atomic mass is 10.4. The topological polar surface area (TPSA) is 117 Å². The summed E-state index contributed by atoms with van der Waals surface area (Å²) in [6.45, 7) is -0.720. The van der Waals surface area contributed by atoms with E-state index in [4.69, 9.17) is 0 Å². The molecule has 10 nitrogen and oxygen atoms in total. The molecule has 0 aliphatic heterocycles. The zero-order valence-corrected chi connectivity index (χ0v) is 12.9. The van der Waals surface area contributed by atoms with Crippen molar-refractivity contribution >= 4 is 17.4 Å². The summed E-state index contributed by atoms with van der Waals surface area (Å²) in [5.41, 5.74) is 0.585. The van der Waals surface area contributed by atoms with Gasteiger partial charge in [-0.15, -0.1) is 4.68 Å². The third kappa shape index (κ3) is 5.56. The lowest BCUT2D eigenvalue weighted by molar-refractivity contribution is -0.392. The Morgan fingerprint density at radius 1 is 1.48 bits per heavy atom. The number of hydrogen-bond acceptors (Lipinski definition) is 6. The van der Waals surface area contributed by atoms with E-state index < -0.39 is 36.9 Å². The molecule has 0 saturated heterocycles. The number of aryl methyl sites for hydroxylation is 1. The number of alkyl halides is 3. The van der Waals surface area contributed by atoms with E-state index in [1.807, 2.05) is 0 Å². The predicted octanol–water partition coefficient (Wildman–Crippen LogP) is 1.47. The second kappa shape index (κ2) is 7.29. The van der Waals surface area contributed by atoms with Crippen LogP contribution in [-0.4, -0.2) is 43.2 Å². The van der Waals surface area contributed by atoms with E-state index in [-0.39, 0.29) is 11.5 Å². The van der Waals surface area contributed by atoms with Crippen LogP contribution in [-0.2, 0) is 22.8 Å². The van der Waals surface area contributed by atoms with E-state index in [0.29, 0.717) is 5.69 Å². The van der Waals surface area contributed by atoms with Crippen molar-refractivity contribution in [2.45, 2.75) is 26.4 Å². The first kappa shape index (κ1) is 18.4. The summed E-state index contributed by atoms with van der Waals surface area (Å²) in [5, 5.41) is 20.8. The van der Waals surface area contributed by atoms with Crippen LogP contribution in [0.5, 0.6) is 0 Å². The number of nitrogens with zero attached hydrogens (tertiary/aromatic N) is 5. The summed E-state index contributed by atoms with van der Waals surface area (Å²) >= 11 is 0. The van der Waals surface area contributed by atoms with Crippen LogP contribution in [0.25, 0.3) is 0 Å². The number of hydrogen-bond donors (Lipinski definition) is 1. The molecule has 25 heavy (non-hydrogen) atoms. The van der Waals surface area contributed by atoms with Crippen molar-refractivity contribution in [2.75, 3.05) is 11.9 Å². The van der Waals surface area contributed by atoms with E-state index in [9.17, 15) is 28.1 Å². The Kier molecular flexibility index (Phi) is 5.36. The van der Waals surface area contributed by atoms with Gasteiger partial charge in [0.15, 0.2) is 6.54 Å². The molecule has 0 fully saturated rings. The second-order valence-electron chi connectivity index (χ2n) is 4.97. The number of aromatic nitrogens is 4. The molecule has 0 atom stereocenters. The summed E-state index contributed by atoms with van der Waals surface area (Å²) in [7, 11) is 0. The number of rotatable bonds is 7. The van der Waals surface area contributed by atoms with Gasteiger partial charge in [-0.25, -0.2) is 4.68 Å². The van der Waals surface area contributed by atoms with Crippen LogP contribution in [0, 0.1) is 17.0 Å². The van der Waals surface area contributed by atoms with Crippen LogP contribution in [0.1, 0.15) is 5.69 Å². The lowest BCUT2D eigenvalue weighted by Crippen LogP contribution is -2.20. The van der Waals surface area contributed by atoms with Crippen LogP contribution in [0.2, 0.25) is 0 Å². The van der Waals surface area contributed by atoms with Gasteiger partial charge in [0.1, 0.15) is 13.3 Å². The van der Waals surface area contributed by atoms with Gasteiger partial charge in [-0.1, -0.05) is 5.10 Å². The average molecular weight is 362 g/mol. The Balaban J connectivity index is 1.90. The van der Waals surface area contributed by atoms with Crippen molar-refractivity contribution in [3.8, 4) is 0 Å². The first-order valence-electron chi connectivity index (χ1n) is 6.80. The zero-order chi connectivity index (χ0) is 18.6. The number of halogens is 3. The van der Waals surface area contributed by atoms with Crippen LogP contribution in [0.3, 0.4) is 0 Å². The van der Waals surface area contributed by atoms with Gasteiger partial charge in [-0.3, -0.25) is 4.79 Å². The van der Waals surface area contributed by atoms with Gasteiger partial charge >= 0.3 is 12.0 Å². The highest BCUT2D eigenvalue weighted by molar-refractivity contribution is 5.90. The van der Waals surface area contributed by atoms with E-state index in [1.54, 1.807) is 6.92 Å². The van der Waals surface area contributed by atoms with Crippen molar-refractivity contribution in [2.24, 2.45) is 0 Å². The fourth-order valence-electron chi connectivity index (χ4n) is 1.89. The normalized spacial score (nSPS) is 11.5. The third-order valence-corrected chi connectivity index (χ3v) is 2.77. The molecule has 0 aliphatic rings. The molecule has 0 saturated carbocycles. The molecule has 0 aliphatic carbocycles. The molecule has 1 amide bonds. The van der Waals surface area contributed by atoms with Gasteiger partial charge in [0.05, 0.1) is 29.8 Å². The van der Waals surface area contributed by atoms with Gasteiger partial charge in [0.25, 0.3) is 5.91 Å². The molecule has 2 aromatic heterocycles. The molecule has 1 N–H and O–H groups in total. The Labute approximate surface area is 138 Å². The summed E-state index contributed by atoms with van der Waals surface area (Å²) in [6.07, 6.45) is -1.98.